The summed E-state index contributed by atoms with van der Waals surface area (Å²) in [6.45, 7) is 4.71. The summed E-state index contributed by atoms with van der Waals surface area (Å²) in [5.74, 6) is -0.157. The number of nitrogens with two attached hydrogens (primary N) is 2. The number of benzene rings is 1. The third-order valence-corrected chi connectivity index (χ3v) is 4.16. The highest BCUT2D eigenvalue weighted by molar-refractivity contribution is 6.22. The van der Waals surface area contributed by atoms with Gasteiger partial charge in [-0.2, -0.15) is 0 Å². The van der Waals surface area contributed by atoms with E-state index in [1.807, 2.05) is 0 Å². The van der Waals surface area contributed by atoms with Crippen molar-refractivity contribution < 1.29 is 9.59 Å². The molecule has 1 aromatic rings. The van der Waals surface area contributed by atoms with Gasteiger partial charge in [-0.3, -0.25) is 14.5 Å². The van der Waals surface area contributed by atoms with E-state index >= 15 is 0 Å². The molecule has 5 nitrogen and oxygen atoms in total. The summed E-state index contributed by atoms with van der Waals surface area (Å²) < 4.78 is 0. The zero-order valence-electron chi connectivity index (χ0n) is 12.7. The highest BCUT2D eigenvalue weighted by atomic mass is 16.2. The third-order valence-electron chi connectivity index (χ3n) is 4.16. The molecule has 4 N–H and O–H groups in total. The molecule has 5 heteroatoms. The minimum absolute atomic E-state index is 0.253. The number of anilines is 2. The molecule has 1 atom stereocenters. The number of nitrogens with zero attached hydrogens (tertiary/aromatic N) is 1. The maximum atomic E-state index is 12.4. The number of hydrogen-bond donors (Lipinski definition) is 2. The molecule has 0 saturated carbocycles. The van der Waals surface area contributed by atoms with Gasteiger partial charge in [0.25, 0.3) is 11.8 Å². The van der Waals surface area contributed by atoms with Crippen LogP contribution in [0.25, 0.3) is 0 Å². The molecule has 1 aromatic carbocycles. The summed E-state index contributed by atoms with van der Waals surface area (Å²) in [5.41, 5.74) is 12.9. The quantitative estimate of drug-likeness (QED) is 0.622. The number of imide groups is 1. The maximum absolute atomic E-state index is 12.4. The van der Waals surface area contributed by atoms with Crippen molar-refractivity contribution in [3.63, 3.8) is 0 Å². The van der Waals surface area contributed by atoms with E-state index in [1.165, 1.54) is 17.0 Å². The van der Waals surface area contributed by atoms with Crippen LogP contribution in [0.15, 0.2) is 12.1 Å². The predicted molar refractivity (Wildman–Crippen MR) is 83.9 cm³/mol. The summed E-state index contributed by atoms with van der Waals surface area (Å²) >= 11 is 0. The smallest absolute Gasteiger partial charge is 0.261 e. The lowest BCUT2D eigenvalue weighted by molar-refractivity contribution is 0.0624. The van der Waals surface area contributed by atoms with E-state index in [9.17, 15) is 9.59 Å². The van der Waals surface area contributed by atoms with Crippen molar-refractivity contribution in [2.24, 2.45) is 5.92 Å². The van der Waals surface area contributed by atoms with Crippen LogP contribution in [0, 0.1) is 5.92 Å². The van der Waals surface area contributed by atoms with Gasteiger partial charge in [0.1, 0.15) is 0 Å². The zero-order chi connectivity index (χ0) is 15.6. The van der Waals surface area contributed by atoms with Gasteiger partial charge in [0.05, 0.1) is 22.5 Å². The van der Waals surface area contributed by atoms with Gasteiger partial charge in [0, 0.05) is 6.54 Å². The number of carbonyl (C=O) groups excluding carboxylic acids is 2. The Hall–Kier alpha value is -2.04. The number of rotatable bonds is 6. The second kappa shape index (κ2) is 6.16. The van der Waals surface area contributed by atoms with Crippen LogP contribution in [0.3, 0.4) is 0 Å². The van der Waals surface area contributed by atoms with Crippen molar-refractivity contribution in [2.75, 3.05) is 18.0 Å². The van der Waals surface area contributed by atoms with Crippen LogP contribution in [-0.2, 0) is 0 Å². The van der Waals surface area contributed by atoms with Crippen LogP contribution in [0.1, 0.15) is 60.2 Å². The molecule has 1 unspecified atom stereocenters. The van der Waals surface area contributed by atoms with E-state index in [0.29, 0.717) is 35.0 Å². The number of hydrogen-bond acceptors (Lipinski definition) is 4. The summed E-state index contributed by atoms with van der Waals surface area (Å²) in [7, 11) is 0. The first kappa shape index (κ1) is 15.4. The van der Waals surface area contributed by atoms with E-state index in [0.717, 1.165) is 25.7 Å². The van der Waals surface area contributed by atoms with E-state index in [1.54, 1.807) is 0 Å². The first-order chi connectivity index (χ1) is 9.99. The molecular weight excluding hydrogens is 266 g/mol. The maximum Gasteiger partial charge on any atom is 0.261 e. The van der Waals surface area contributed by atoms with Crippen molar-refractivity contribution in [1.82, 2.24) is 4.90 Å². The molecule has 1 aliphatic heterocycles. The van der Waals surface area contributed by atoms with Crippen molar-refractivity contribution >= 4 is 23.2 Å². The van der Waals surface area contributed by atoms with Gasteiger partial charge in [-0.15, -0.1) is 0 Å². The highest BCUT2D eigenvalue weighted by Gasteiger charge is 2.36. The van der Waals surface area contributed by atoms with Crippen molar-refractivity contribution in [3.05, 3.63) is 23.3 Å². The fourth-order valence-electron chi connectivity index (χ4n) is 2.71. The molecule has 2 amide bonds. The van der Waals surface area contributed by atoms with Crippen LogP contribution in [0.2, 0.25) is 0 Å². The summed E-state index contributed by atoms with van der Waals surface area (Å²) in [6.07, 6.45) is 4.22. The minimum Gasteiger partial charge on any atom is -0.397 e. The normalized spacial score (nSPS) is 15.4. The Kier molecular flexibility index (Phi) is 4.50. The second-order valence-corrected chi connectivity index (χ2v) is 5.66. The molecule has 1 aliphatic rings. The van der Waals surface area contributed by atoms with Crippen LogP contribution in [0.5, 0.6) is 0 Å². The van der Waals surface area contributed by atoms with E-state index in [2.05, 4.69) is 13.8 Å². The summed E-state index contributed by atoms with van der Waals surface area (Å²) in [4.78, 5) is 26.1. The van der Waals surface area contributed by atoms with E-state index < -0.39 is 0 Å². The van der Waals surface area contributed by atoms with Crippen LogP contribution >= 0.6 is 0 Å². The molecule has 0 radical (unpaired) electrons. The second-order valence-electron chi connectivity index (χ2n) is 5.66. The zero-order valence-corrected chi connectivity index (χ0v) is 12.7. The van der Waals surface area contributed by atoms with Crippen molar-refractivity contribution in [1.29, 1.82) is 0 Å². The van der Waals surface area contributed by atoms with Crippen molar-refractivity contribution in [3.8, 4) is 0 Å². The number of unbranched alkanes of at least 4 members (excludes halogenated alkanes) is 1. The molecule has 2 rings (SSSR count). The molecule has 114 valence electrons. The Morgan fingerprint density at radius 2 is 1.57 bits per heavy atom. The first-order valence-electron chi connectivity index (χ1n) is 7.54. The molecule has 0 aliphatic carbocycles. The van der Waals surface area contributed by atoms with E-state index in [-0.39, 0.29) is 11.8 Å². The fraction of sp³-hybridized carbons (Fsp3) is 0.500. The molecule has 0 saturated heterocycles. The number of fused-ring (bicyclic) bond motifs is 1. The molecule has 0 spiro atoms. The Morgan fingerprint density at radius 3 is 2.00 bits per heavy atom. The Morgan fingerprint density at radius 1 is 1.05 bits per heavy atom. The molecule has 1 heterocycles. The molecular formula is C16H23N3O2. The van der Waals surface area contributed by atoms with E-state index in [4.69, 9.17) is 11.5 Å². The van der Waals surface area contributed by atoms with Gasteiger partial charge in [-0.1, -0.05) is 33.1 Å². The Bertz CT molecular complexity index is 528. The largest absolute Gasteiger partial charge is 0.397 e. The van der Waals surface area contributed by atoms with Gasteiger partial charge < -0.3 is 11.5 Å². The standard InChI is InChI=1S/C16H23N3O2/c1-3-5-6-10(4-2)9-19-15(20)11-7-13(17)14(18)8-12(11)16(19)21/h7-8,10H,3-6,9,17-18H2,1-2H3. The van der Waals surface area contributed by atoms with Crippen LogP contribution < -0.4 is 11.5 Å². The molecule has 0 bridgehead atoms. The molecule has 0 fully saturated rings. The minimum atomic E-state index is -0.253. The molecule has 21 heavy (non-hydrogen) atoms. The monoisotopic (exact) mass is 289 g/mol. The average molecular weight is 289 g/mol. The van der Waals surface area contributed by atoms with Crippen LogP contribution in [0.4, 0.5) is 11.4 Å². The summed E-state index contributed by atoms with van der Waals surface area (Å²) in [5, 5.41) is 0. The van der Waals surface area contributed by atoms with Gasteiger partial charge in [-0.05, 0) is 24.5 Å². The van der Waals surface area contributed by atoms with Gasteiger partial charge in [0.15, 0.2) is 0 Å². The topological polar surface area (TPSA) is 89.4 Å². The SMILES string of the molecule is CCCCC(CC)CN1C(=O)c2cc(N)c(N)cc2C1=O. The third kappa shape index (κ3) is 2.86. The lowest BCUT2D eigenvalue weighted by Gasteiger charge is -2.21. The predicted octanol–water partition coefficient (Wildman–Crippen LogP) is 2.66. The lowest BCUT2D eigenvalue weighted by atomic mass is 9.99. The highest BCUT2D eigenvalue weighted by Crippen LogP contribution is 2.30. The lowest BCUT2D eigenvalue weighted by Crippen LogP contribution is -2.34. The van der Waals surface area contributed by atoms with Crippen molar-refractivity contribution in [2.45, 2.75) is 39.5 Å². The summed E-state index contributed by atoms with van der Waals surface area (Å²) in [6, 6.07) is 3.02. The van der Waals surface area contributed by atoms with Gasteiger partial charge in [-0.25, -0.2) is 0 Å². The van der Waals surface area contributed by atoms with Crippen LogP contribution in [-0.4, -0.2) is 23.3 Å². The Balaban J connectivity index is 2.21. The Labute approximate surface area is 125 Å². The number of carbonyl (C=O) groups is 2. The van der Waals surface area contributed by atoms with Gasteiger partial charge in [0.2, 0.25) is 0 Å². The number of nitrogen functional groups attached to an aromatic ring is 2. The fourth-order valence-corrected chi connectivity index (χ4v) is 2.71. The number of amides is 2. The first-order valence-corrected chi connectivity index (χ1v) is 7.54. The average Bonchev–Trinajstić information content (AvgIpc) is 2.68. The van der Waals surface area contributed by atoms with Gasteiger partial charge >= 0.3 is 0 Å². The molecule has 0 aromatic heterocycles.